The molecule has 0 radical (unpaired) electrons. The number of halogens is 1. The van der Waals surface area contributed by atoms with Crippen molar-refractivity contribution >= 4 is 11.9 Å². The van der Waals surface area contributed by atoms with Gasteiger partial charge in [-0.25, -0.2) is 4.39 Å². The molecule has 0 saturated heterocycles. The summed E-state index contributed by atoms with van der Waals surface area (Å²) < 4.78 is 12.5. The summed E-state index contributed by atoms with van der Waals surface area (Å²) in [5, 5.41) is 20.9. The fourth-order valence-electron chi connectivity index (χ4n) is 1.20. The zero-order chi connectivity index (χ0) is 11.4. The van der Waals surface area contributed by atoms with Crippen LogP contribution >= 0.6 is 0 Å². The van der Waals surface area contributed by atoms with E-state index in [1.807, 2.05) is 0 Å². The summed E-state index contributed by atoms with van der Waals surface area (Å²) in [7, 11) is 0. The average Bonchev–Trinajstić information content (AvgIpc) is 2.15. The maximum Gasteiger partial charge on any atom is 0.123 e. The molecule has 1 unspecified atom stereocenters. The van der Waals surface area contributed by atoms with E-state index in [4.69, 9.17) is 0 Å². The van der Waals surface area contributed by atoms with Gasteiger partial charge in [0.1, 0.15) is 5.82 Å². The van der Waals surface area contributed by atoms with E-state index in [0.29, 0.717) is 0 Å². The standard InChI is InChI=1S/C10H9FO4/c11-7-3-1-6(2-4-7)8(10(14)15)5-9(12)13/h1-4,8H,5H2,(H,12,13)(H,14,15)/p-2. The van der Waals surface area contributed by atoms with Crippen molar-refractivity contribution in [1.29, 1.82) is 0 Å². The van der Waals surface area contributed by atoms with E-state index in [1.165, 1.54) is 12.1 Å². The molecule has 0 heterocycles. The number of benzene rings is 1. The van der Waals surface area contributed by atoms with Crippen LogP contribution in [-0.4, -0.2) is 11.9 Å². The molecule has 15 heavy (non-hydrogen) atoms. The molecule has 0 aliphatic heterocycles. The summed E-state index contributed by atoms with van der Waals surface area (Å²) in [6.07, 6.45) is -0.687. The van der Waals surface area contributed by atoms with Gasteiger partial charge >= 0.3 is 0 Å². The average molecular weight is 210 g/mol. The van der Waals surface area contributed by atoms with Gasteiger partial charge in [-0.1, -0.05) is 12.1 Å². The quantitative estimate of drug-likeness (QED) is 0.625. The van der Waals surface area contributed by atoms with E-state index in [0.717, 1.165) is 12.1 Å². The molecule has 1 aromatic carbocycles. The monoisotopic (exact) mass is 210 g/mol. The molecule has 0 spiro atoms. The molecule has 1 rings (SSSR count). The molecule has 0 aromatic heterocycles. The highest BCUT2D eigenvalue weighted by atomic mass is 19.1. The van der Waals surface area contributed by atoms with Crippen LogP contribution in [0.1, 0.15) is 17.9 Å². The Hall–Kier alpha value is -1.91. The predicted octanol–water partition coefficient (Wildman–Crippen LogP) is -1.20. The van der Waals surface area contributed by atoms with Crippen molar-refractivity contribution in [1.82, 2.24) is 0 Å². The molecular weight excluding hydrogens is 203 g/mol. The summed E-state index contributed by atoms with van der Waals surface area (Å²) >= 11 is 0. The number of carboxylic acids is 2. The van der Waals surface area contributed by atoms with Crippen LogP contribution in [-0.2, 0) is 9.59 Å². The van der Waals surface area contributed by atoms with E-state index in [1.54, 1.807) is 0 Å². The third-order valence-corrected chi connectivity index (χ3v) is 1.93. The Labute approximate surface area is 85.0 Å². The maximum absolute atomic E-state index is 12.5. The van der Waals surface area contributed by atoms with Crippen LogP contribution in [0.25, 0.3) is 0 Å². The van der Waals surface area contributed by atoms with Crippen molar-refractivity contribution in [2.24, 2.45) is 0 Å². The van der Waals surface area contributed by atoms with Crippen LogP contribution in [0.5, 0.6) is 0 Å². The number of carbonyl (C=O) groups excluding carboxylic acids is 2. The normalized spacial score (nSPS) is 12.1. The van der Waals surface area contributed by atoms with Gasteiger partial charge < -0.3 is 19.8 Å². The van der Waals surface area contributed by atoms with Gasteiger partial charge in [0, 0.05) is 17.9 Å². The largest absolute Gasteiger partial charge is 0.550 e. The van der Waals surface area contributed by atoms with Crippen molar-refractivity contribution in [3.63, 3.8) is 0 Å². The Morgan fingerprint density at radius 1 is 1.20 bits per heavy atom. The van der Waals surface area contributed by atoms with E-state index in [9.17, 15) is 24.2 Å². The Kier molecular flexibility index (Phi) is 3.38. The summed E-state index contributed by atoms with van der Waals surface area (Å²) in [5.74, 6) is -4.85. The predicted molar refractivity (Wildman–Crippen MR) is 43.8 cm³/mol. The Morgan fingerprint density at radius 3 is 2.13 bits per heavy atom. The number of hydrogen-bond acceptors (Lipinski definition) is 4. The van der Waals surface area contributed by atoms with E-state index in [2.05, 4.69) is 0 Å². The van der Waals surface area contributed by atoms with E-state index in [-0.39, 0.29) is 5.56 Å². The fraction of sp³-hybridized carbons (Fsp3) is 0.200. The highest BCUT2D eigenvalue weighted by molar-refractivity contribution is 5.80. The first-order valence-corrected chi connectivity index (χ1v) is 4.17. The van der Waals surface area contributed by atoms with Gasteiger partial charge in [0.05, 0.1) is 0 Å². The minimum Gasteiger partial charge on any atom is -0.550 e. The molecule has 1 atom stereocenters. The number of rotatable bonds is 4. The minimum absolute atomic E-state index is 0.181. The number of aliphatic carboxylic acids is 2. The van der Waals surface area contributed by atoms with Gasteiger partial charge in [0.2, 0.25) is 0 Å². The van der Waals surface area contributed by atoms with E-state index < -0.39 is 30.1 Å². The SMILES string of the molecule is O=C([O-])CC(C(=O)[O-])c1ccc(F)cc1. The molecule has 0 aliphatic rings. The van der Waals surface area contributed by atoms with Crippen LogP contribution in [0.2, 0.25) is 0 Å². The van der Waals surface area contributed by atoms with Crippen LogP contribution in [0, 0.1) is 5.82 Å². The van der Waals surface area contributed by atoms with Gasteiger partial charge in [-0.2, -0.15) is 0 Å². The molecule has 0 N–H and O–H groups in total. The van der Waals surface area contributed by atoms with Gasteiger partial charge in [-0.05, 0) is 24.1 Å². The lowest BCUT2D eigenvalue weighted by molar-refractivity contribution is -0.317. The zero-order valence-electron chi connectivity index (χ0n) is 7.60. The number of hydrogen-bond donors (Lipinski definition) is 0. The Morgan fingerprint density at radius 2 is 1.73 bits per heavy atom. The summed E-state index contributed by atoms with van der Waals surface area (Å²) in [4.78, 5) is 20.9. The second kappa shape index (κ2) is 4.54. The van der Waals surface area contributed by atoms with Crippen molar-refractivity contribution < 1.29 is 24.2 Å². The molecule has 4 nitrogen and oxygen atoms in total. The third kappa shape index (κ3) is 3.05. The van der Waals surface area contributed by atoms with Gasteiger partial charge in [0.15, 0.2) is 0 Å². The highest BCUT2D eigenvalue weighted by Gasteiger charge is 2.13. The third-order valence-electron chi connectivity index (χ3n) is 1.93. The first-order valence-electron chi connectivity index (χ1n) is 4.17. The minimum atomic E-state index is -1.52. The Balaban J connectivity index is 2.94. The molecule has 0 fully saturated rings. The first-order chi connectivity index (χ1) is 7.00. The number of carboxylic acid groups (broad SMARTS) is 2. The molecule has 0 amide bonds. The smallest absolute Gasteiger partial charge is 0.123 e. The van der Waals surface area contributed by atoms with Gasteiger partial charge in [-0.3, -0.25) is 0 Å². The maximum atomic E-state index is 12.5. The lowest BCUT2D eigenvalue weighted by Gasteiger charge is -2.18. The highest BCUT2D eigenvalue weighted by Crippen LogP contribution is 2.18. The second-order valence-electron chi connectivity index (χ2n) is 3.00. The zero-order valence-corrected chi connectivity index (χ0v) is 7.60. The molecule has 0 bridgehead atoms. The van der Waals surface area contributed by atoms with Crippen LogP contribution in [0.4, 0.5) is 4.39 Å². The topological polar surface area (TPSA) is 80.3 Å². The molecule has 5 heteroatoms. The molecule has 1 aromatic rings. The van der Waals surface area contributed by atoms with Crippen LogP contribution < -0.4 is 10.2 Å². The lowest BCUT2D eigenvalue weighted by atomic mass is 9.96. The summed E-state index contributed by atoms with van der Waals surface area (Å²) in [5.41, 5.74) is 0.181. The molecule has 0 saturated carbocycles. The van der Waals surface area contributed by atoms with Crippen molar-refractivity contribution in [2.45, 2.75) is 12.3 Å². The number of carbonyl (C=O) groups is 2. The first kappa shape index (κ1) is 11.2. The summed E-state index contributed by atoms with van der Waals surface area (Å²) in [6.45, 7) is 0. The fourth-order valence-corrected chi connectivity index (χ4v) is 1.20. The van der Waals surface area contributed by atoms with Crippen LogP contribution in [0.3, 0.4) is 0 Å². The molecular formula is C10H7FO4-2. The van der Waals surface area contributed by atoms with E-state index >= 15 is 0 Å². The Bertz CT molecular complexity index is 372. The van der Waals surface area contributed by atoms with Crippen molar-refractivity contribution in [3.8, 4) is 0 Å². The second-order valence-corrected chi connectivity index (χ2v) is 3.00. The molecule has 80 valence electrons. The lowest BCUT2D eigenvalue weighted by Crippen LogP contribution is -2.34. The van der Waals surface area contributed by atoms with Crippen LogP contribution in [0.15, 0.2) is 24.3 Å². The van der Waals surface area contributed by atoms with Gasteiger partial charge in [-0.15, -0.1) is 0 Å². The van der Waals surface area contributed by atoms with Crippen molar-refractivity contribution in [2.75, 3.05) is 0 Å². The van der Waals surface area contributed by atoms with Gasteiger partial charge in [0.25, 0.3) is 0 Å². The molecule has 0 aliphatic carbocycles. The summed E-state index contributed by atoms with van der Waals surface area (Å²) in [6, 6.07) is 4.53. The van der Waals surface area contributed by atoms with Crippen molar-refractivity contribution in [3.05, 3.63) is 35.6 Å².